The summed E-state index contributed by atoms with van der Waals surface area (Å²) < 4.78 is 12.8. The van der Waals surface area contributed by atoms with E-state index in [0.717, 1.165) is 35.8 Å². The number of likely N-dealkylation sites (N-methyl/N-ethyl adjacent to an activating group) is 1. The van der Waals surface area contributed by atoms with Gasteiger partial charge in [0.05, 0.1) is 20.0 Å². The van der Waals surface area contributed by atoms with Crippen LogP contribution in [0.15, 0.2) is 36.0 Å². The number of rotatable bonds is 11. The lowest BCUT2D eigenvalue weighted by atomic mass is 9.89. The number of hydrogen-bond acceptors (Lipinski definition) is 6. The van der Waals surface area contributed by atoms with Crippen molar-refractivity contribution in [2.24, 2.45) is 0 Å². The average Bonchev–Trinajstić information content (AvgIpc) is 3.23. The van der Waals surface area contributed by atoms with Crippen LogP contribution in [0.4, 0.5) is 0 Å². The molecule has 1 aliphatic carbocycles. The summed E-state index contributed by atoms with van der Waals surface area (Å²) in [6.07, 6.45) is 8.74. The number of methoxy groups -OCH3 is 2. The molecule has 3 rings (SSSR count). The largest absolute Gasteiger partial charge is 0.493 e. The highest BCUT2D eigenvalue weighted by Crippen LogP contribution is 2.33. The Morgan fingerprint density at radius 2 is 1.97 bits per heavy atom. The first kappa shape index (κ1) is 24.2. The second-order valence-electron chi connectivity index (χ2n) is 8.12. The van der Waals surface area contributed by atoms with Gasteiger partial charge in [0.15, 0.2) is 16.7 Å². The summed E-state index contributed by atoms with van der Waals surface area (Å²) in [4.78, 5) is 14.5. The highest BCUT2D eigenvalue weighted by molar-refractivity contribution is 7.99. The number of carbonyl (C=O) groups excluding carboxylic acids is 1. The fourth-order valence-electron chi connectivity index (χ4n) is 4.06. The highest BCUT2D eigenvalue weighted by atomic mass is 32.2. The van der Waals surface area contributed by atoms with Gasteiger partial charge in [-0.1, -0.05) is 43.2 Å². The molecular weight excluding hydrogens is 424 g/mol. The van der Waals surface area contributed by atoms with Gasteiger partial charge in [-0.05, 0) is 37.0 Å². The molecule has 0 unspecified atom stereocenters. The van der Waals surface area contributed by atoms with Crippen LogP contribution in [0.25, 0.3) is 0 Å². The van der Waals surface area contributed by atoms with Crippen molar-refractivity contribution in [1.82, 2.24) is 19.7 Å². The number of ether oxygens (including phenoxy) is 2. The number of thioether (sulfide) groups is 1. The van der Waals surface area contributed by atoms with Crippen molar-refractivity contribution in [3.05, 3.63) is 42.2 Å². The van der Waals surface area contributed by atoms with E-state index < -0.39 is 0 Å². The Morgan fingerprint density at radius 3 is 2.66 bits per heavy atom. The zero-order valence-electron chi connectivity index (χ0n) is 19.4. The molecule has 1 fully saturated rings. The van der Waals surface area contributed by atoms with E-state index in [9.17, 15) is 4.79 Å². The van der Waals surface area contributed by atoms with Gasteiger partial charge in [-0.2, -0.15) is 0 Å². The van der Waals surface area contributed by atoms with Gasteiger partial charge in [0.1, 0.15) is 5.82 Å². The smallest absolute Gasteiger partial charge is 0.232 e. The summed E-state index contributed by atoms with van der Waals surface area (Å²) in [6.45, 7) is 5.18. The summed E-state index contributed by atoms with van der Waals surface area (Å²) in [6, 6.07) is 5.84. The Balaban J connectivity index is 1.55. The molecule has 0 bridgehead atoms. The van der Waals surface area contributed by atoms with Gasteiger partial charge < -0.3 is 18.9 Å². The lowest BCUT2D eigenvalue weighted by Gasteiger charge is -2.21. The fourth-order valence-corrected chi connectivity index (χ4v) is 4.96. The minimum absolute atomic E-state index is 0.0721. The Labute approximate surface area is 195 Å². The molecule has 2 aromatic rings. The Morgan fingerprint density at radius 1 is 1.22 bits per heavy atom. The lowest BCUT2D eigenvalue weighted by molar-refractivity contribution is -0.127. The van der Waals surface area contributed by atoms with Gasteiger partial charge in [-0.25, -0.2) is 0 Å². The van der Waals surface area contributed by atoms with Crippen molar-refractivity contribution in [3.8, 4) is 11.5 Å². The molecular formula is C24H34N4O3S. The van der Waals surface area contributed by atoms with Crippen LogP contribution in [0.5, 0.6) is 11.5 Å². The predicted octanol–water partition coefficient (Wildman–Crippen LogP) is 4.32. The number of allylic oxidation sites excluding steroid dienone is 1. The Bertz CT molecular complexity index is 909. The fraction of sp³-hybridized carbons (Fsp3) is 0.542. The molecule has 1 aromatic heterocycles. The number of benzene rings is 1. The topological polar surface area (TPSA) is 69.5 Å². The van der Waals surface area contributed by atoms with Crippen LogP contribution in [0.3, 0.4) is 0 Å². The van der Waals surface area contributed by atoms with E-state index in [-0.39, 0.29) is 5.91 Å². The van der Waals surface area contributed by atoms with Crippen molar-refractivity contribution < 1.29 is 14.3 Å². The van der Waals surface area contributed by atoms with Gasteiger partial charge in [-0.15, -0.1) is 16.8 Å². The first-order chi connectivity index (χ1) is 15.6. The van der Waals surface area contributed by atoms with E-state index in [1.54, 1.807) is 19.1 Å². The summed E-state index contributed by atoms with van der Waals surface area (Å²) >= 11 is 1.45. The molecule has 1 aliphatic rings. The van der Waals surface area contributed by atoms with Crippen molar-refractivity contribution >= 4 is 17.7 Å². The molecule has 1 amide bonds. The van der Waals surface area contributed by atoms with E-state index in [4.69, 9.17) is 9.47 Å². The molecule has 0 aliphatic heterocycles. The Kier molecular flexibility index (Phi) is 9.02. The van der Waals surface area contributed by atoms with E-state index in [1.165, 1.54) is 31.0 Å². The number of amides is 1. The molecule has 0 atom stereocenters. The van der Waals surface area contributed by atoms with Crippen LogP contribution in [-0.4, -0.2) is 59.1 Å². The molecule has 7 nitrogen and oxygen atoms in total. The van der Waals surface area contributed by atoms with Crippen molar-refractivity contribution in [2.45, 2.75) is 56.1 Å². The Hall–Kier alpha value is -2.48. The molecule has 8 heteroatoms. The van der Waals surface area contributed by atoms with Crippen LogP contribution in [0, 0.1) is 0 Å². The second-order valence-corrected chi connectivity index (χ2v) is 9.06. The normalized spacial score (nSPS) is 14.2. The van der Waals surface area contributed by atoms with Crippen LogP contribution >= 0.6 is 11.8 Å². The SMILES string of the molecule is C=CCn1c(SCC(=O)N(C)CCc2ccc(OC)c(OC)c2)nnc1C1CCCCC1. The van der Waals surface area contributed by atoms with Crippen molar-refractivity contribution in [3.63, 3.8) is 0 Å². The molecule has 0 saturated heterocycles. The minimum atomic E-state index is 0.0721. The van der Waals surface area contributed by atoms with Crippen molar-refractivity contribution in [1.29, 1.82) is 0 Å². The third kappa shape index (κ3) is 6.06. The van der Waals surface area contributed by atoms with Crippen LogP contribution < -0.4 is 9.47 Å². The third-order valence-corrected chi connectivity index (χ3v) is 6.91. The van der Waals surface area contributed by atoms with Gasteiger partial charge in [0, 0.05) is 26.1 Å². The number of aromatic nitrogens is 3. The maximum atomic E-state index is 12.7. The molecule has 0 N–H and O–H groups in total. The summed E-state index contributed by atoms with van der Waals surface area (Å²) in [5, 5.41) is 9.69. The molecule has 1 aromatic carbocycles. The van der Waals surface area contributed by atoms with Gasteiger partial charge >= 0.3 is 0 Å². The monoisotopic (exact) mass is 458 g/mol. The summed E-state index contributed by atoms with van der Waals surface area (Å²) in [5.41, 5.74) is 1.10. The summed E-state index contributed by atoms with van der Waals surface area (Å²) in [7, 11) is 5.08. The molecule has 1 saturated carbocycles. The third-order valence-electron chi connectivity index (χ3n) is 5.96. The quantitative estimate of drug-likeness (QED) is 0.369. The van der Waals surface area contributed by atoms with Gasteiger partial charge in [0.2, 0.25) is 5.91 Å². The maximum Gasteiger partial charge on any atom is 0.232 e. The standard InChI is InChI=1S/C24H34N4O3S/c1-5-14-28-23(19-9-7-6-8-10-19)25-26-24(28)32-17-22(29)27(2)15-13-18-11-12-20(30-3)21(16-18)31-4/h5,11-12,16,19H,1,6-10,13-15,17H2,2-4H3. The zero-order chi connectivity index (χ0) is 22.9. The zero-order valence-corrected chi connectivity index (χ0v) is 20.2. The predicted molar refractivity (Wildman–Crippen MR) is 128 cm³/mol. The first-order valence-electron chi connectivity index (χ1n) is 11.2. The molecule has 32 heavy (non-hydrogen) atoms. The number of nitrogens with zero attached hydrogens (tertiary/aromatic N) is 4. The van der Waals surface area contributed by atoms with Crippen molar-refractivity contribution in [2.75, 3.05) is 33.6 Å². The second kappa shape index (κ2) is 11.9. The average molecular weight is 459 g/mol. The minimum Gasteiger partial charge on any atom is -0.493 e. The van der Waals surface area contributed by atoms with E-state index in [2.05, 4.69) is 21.3 Å². The molecule has 0 radical (unpaired) electrons. The lowest BCUT2D eigenvalue weighted by Crippen LogP contribution is -2.30. The number of carbonyl (C=O) groups is 1. The highest BCUT2D eigenvalue weighted by Gasteiger charge is 2.23. The van der Waals surface area contributed by atoms with Crippen LogP contribution in [-0.2, 0) is 17.8 Å². The van der Waals surface area contributed by atoms with Gasteiger partial charge in [-0.3, -0.25) is 4.79 Å². The van der Waals surface area contributed by atoms with E-state index >= 15 is 0 Å². The van der Waals surface area contributed by atoms with E-state index in [1.807, 2.05) is 31.3 Å². The summed E-state index contributed by atoms with van der Waals surface area (Å²) in [5.74, 6) is 3.32. The first-order valence-corrected chi connectivity index (χ1v) is 12.2. The molecule has 174 valence electrons. The number of hydrogen-bond donors (Lipinski definition) is 0. The van der Waals surface area contributed by atoms with Crippen LogP contribution in [0.2, 0.25) is 0 Å². The van der Waals surface area contributed by atoms with Crippen LogP contribution in [0.1, 0.15) is 49.4 Å². The van der Waals surface area contributed by atoms with E-state index in [0.29, 0.717) is 36.3 Å². The molecule has 1 heterocycles. The molecule has 0 spiro atoms. The van der Waals surface area contributed by atoms with Gasteiger partial charge in [0.25, 0.3) is 0 Å². The maximum absolute atomic E-state index is 12.7.